The summed E-state index contributed by atoms with van der Waals surface area (Å²) in [6.45, 7) is 6.19. The van der Waals surface area contributed by atoms with Gasteiger partial charge in [0.15, 0.2) is 0 Å². The second-order valence-corrected chi connectivity index (χ2v) is 5.03. The van der Waals surface area contributed by atoms with Crippen LogP contribution >= 0.6 is 0 Å². The fourth-order valence-corrected chi connectivity index (χ4v) is 2.31. The van der Waals surface area contributed by atoms with Gasteiger partial charge in [0, 0.05) is 32.6 Å². The summed E-state index contributed by atoms with van der Waals surface area (Å²) in [5, 5.41) is 10.3. The van der Waals surface area contributed by atoms with E-state index >= 15 is 0 Å². The summed E-state index contributed by atoms with van der Waals surface area (Å²) < 4.78 is 0. The Balaban J connectivity index is 0.000000203. The van der Waals surface area contributed by atoms with Crippen molar-refractivity contribution in [3.8, 4) is 0 Å². The van der Waals surface area contributed by atoms with Crippen LogP contribution in [-0.4, -0.2) is 48.1 Å². The lowest BCUT2D eigenvalue weighted by atomic mass is 10.2. The average Bonchev–Trinajstić information content (AvgIpc) is 2.64. The van der Waals surface area contributed by atoms with Gasteiger partial charge >= 0.3 is 6.09 Å². The van der Waals surface area contributed by atoms with E-state index in [-0.39, 0.29) is 0 Å². The van der Waals surface area contributed by atoms with Gasteiger partial charge in [-0.15, -0.1) is 0 Å². The van der Waals surface area contributed by atoms with Crippen molar-refractivity contribution in [1.29, 1.82) is 0 Å². The molecule has 0 aromatic rings. The number of nitrogens with one attached hydrogen (secondary N) is 1. The van der Waals surface area contributed by atoms with E-state index in [4.69, 9.17) is 5.11 Å². The molecule has 2 N–H and O–H groups in total. The standard InChI is InChI=1S/C9H16N2.C5H11NO2/c1-2-5-9-10-6-4-8-11(9)7-3-1;1-2-3-4-6-5(7)8/h1-8H2;6H,2-4H2,1H3,(H,7,8). The minimum atomic E-state index is -0.932. The highest BCUT2D eigenvalue weighted by molar-refractivity contribution is 5.83. The Kier molecular flexibility index (Phi) is 8.02. The van der Waals surface area contributed by atoms with Crippen molar-refractivity contribution in [3.05, 3.63) is 0 Å². The number of hydrogen-bond acceptors (Lipinski definition) is 3. The van der Waals surface area contributed by atoms with E-state index in [1.165, 1.54) is 51.0 Å². The molecule has 0 aromatic carbocycles. The van der Waals surface area contributed by atoms with Gasteiger partial charge in [-0.3, -0.25) is 4.99 Å². The molecule has 0 saturated carbocycles. The number of hydrogen-bond donors (Lipinski definition) is 2. The summed E-state index contributed by atoms with van der Waals surface area (Å²) >= 11 is 0. The van der Waals surface area contributed by atoms with Crippen LogP contribution in [0.4, 0.5) is 4.79 Å². The van der Waals surface area contributed by atoms with Gasteiger partial charge in [0.25, 0.3) is 0 Å². The quantitative estimate of drug-likeness (QED) is 0.774. The highest BCUT2D eigenvalue weighted by Gasteiger charge is 2.16. The minimum Gasteiger partial charge on any atom is -0.465 e. The van der Waals surface area contributed by atoms with Crippen LogP contribution in [0.3, 0.4) is 0 Å². The molecule has 0 radical (unpaired) electrons. The Morgan fingerprint density at radius 2 is 2.11 bits per heavy atom. The second kappa shape index (κ2) is 9.64. The zero-order chi connectivity index (χ0) is 13.9. The lowest BCUT2D eigenvalue weighted by molar-refractivity contribution is 0.194. The molecule has 2 rings (SSSR count). The number of rotatable bonds is 3. The van der Waals surface area contributed by atoms with E-state index in [2.05, 4.69) is 15.2 Å². The van der Waals surface area contributed by atoms with Gasteiger partial charge < -0.3 is 15.3 Å². The molecule has 0 aromatic heterocycles. The number of carboxylic acid groups (broad SMARTS) is 1. The molecule has 0 aliphatic carbocycles. The van der Waals surface area contributed by atoms with E-state index in [1.54, 1.807) is 0 Å². The third-order valence-electron chi connectivity index (χ3n) is 3.38. The summed E-state index contributed by atoms with van der Waals surface area (Å²) in [5.74, 6) is 1.40. The van der Waals surface area contributed by atoms with Gasteiger partial charge in [0.2, 0.25) is 0 Å². The molecule has 1 saturated heterocycles. The summed E-state index contributed by atoms with van der Waals surface area (Å²) in [4.78, 5) is 16.8. The Hall–Kier alpha value is -1.26. The number of amidine groups is 1. The third kappa shape index (κ3) is 7.03. The summed E-state index contributed by atoms with van der Waals surface area (Å²) in [6, 6.07) is 0. The predicted molar refractivity (Wildman–Crippen MR) is 77.9 cm³/mol. The lowest BCUT2D eigenvalue weighted by Crippen LogP contribution is -2.34. The Labute approximate surface area is 116 Å². The molecule has 1 fully saturated rings. The average molecular weight is 269 g/mol. The highest BCUT2D eigenvalue weighted by Crippen LogP contribution is 2.15. The molecule has 2 aliphatic rings. The smallest absolute Gasteiger partial charge is 0.404 e. The molecule has 5 heteroatoms. The first-order valence-electron chi connectivity index (χ1n) is 7.49. The van der Waals surface area contributed by atoms with Crippen LogP contribution in [0.25, 0.3) is 0 Å². The van der Waals surface area contributed by atoms with Crippen LogP contribution in [0.2, 0.25) is 0 Å². The molecular formula is C14H27N3O2. The molecule has 0 unspecified atom stereocenters. The van der Waals surface area contributed by atoms with Crippen molar-refractivity contribution in [1.82, 2.24) is 10.2 Å². The Morgan fingerprint density at radius 1 is 1.32 bits per heavy atom. The SMILES string of the molecule is C1CCC2=NCCCN2CC1.CCCCNC(=O)O. The van der Waals surface area contributed by atoms with E-state index in [1.807, 2.05) is 6.92 Å². The van der Waals surface area contributed by atoms with Crippen LogP contribution in [0.15, 0.2) is 4.99 Å². The predicted octanol–water partition coefficient (Wildman–Crippen LogP) is 2.72. The molecular weight excluding hydrogens is 242 g/mol. The van der Waals surface area contributed by atoms with Gasteiger partial charge in [0.1, 0.15) is 0 Å². The van der Waals surface area contributed by atoms with E-state index in [0.717, 1.165) is 19.4 Å². The van der Waals surface area contributed by atoms with Crippen molar-refractivity contribution in [3.63, 3.8) is 0 Å². The van der Waals surface area contributed by atoms with Gasteiger partial charge in [-0.25, -0.2) is 4.79 Å². The van der Waals surface area contributed by atoms with Crippen molar-refractivity contribution >= 4 is 11.9 Å². The molecule has 110 valence electrons. The number of amides is 1. The van der Waals surface area contributed by atoms with Crippen LogP contribution < -0.4 is 5.32 Å². The highest BCUT2D eigenvalue weighted by atomic mass is 16.4. The topological polar surface area (TPSA) is 64.9 Å². The van der Waals surface area contributed by atoms with Gasteiger partial charge in [-0.2, -0.15) is 0 Å². The number of carbonyl (C=O) groups is 1. The third-order valence-corrected chi connectivity index (χ3v) is 3.38. The largest absolute Gasteiger partial charge is 0.465 e. The van der Waals surface area contributed by atoms with Crippen LogP contribution in [-0.2, 0) is 0 Å². The summed E-state index contributed by atoms with van der Waals surface area (Å²) in [5.41, 5.74) is 0. The number of unbranched alkanes of at least 4 members (excludes halogenated alkanes) is 1. The molecule has 2 heterocycles. The number of nitrogens with zero attached hydrogens (tertiary/aromatic N) is 2. The van der Waals surface area contributed by atoms with Crippen molar-refractivity contribution in [2.45, 2.75) is 51.9 Å². The maximum atomic E-state index is 9.76. The number of fused-ring (bicyclic) bond motifs is 1. The molecule has 5 nitrogen and oxygen atoms in total. The molecule has 0 atom stereocenters. The zero-order valence-electron chi connectivity index (χ0n) is 12.0. The van der Waals surface area contributed by atoms with Gasteiger partial charge in [0.05, 0.1) is 5.84 Å². The normalized spacial score (nSPS) is 18.4. The molecule has 1 amide bonds. The first-order chi connectivity index (χ1) is 9.24. The monoisotopic (exact) mass is 269 g/mol. The fourth-order valence-electron chi connectivity index (χ4n) is 2.31. The van der Waals surface area contributed by atoms with Gasteiger partial charge in [-0.1, -0.05) is 19.8 Å². The first-order valence-corrected chi connectivity index (χ1v) is 7.49. The van der Waals surface area contributed by atoms with Crippen LogP contribution in [0.1, 0.15) is 51.9 Å². The first kappa shape index (κ1) is 15.8. The molecule has 0 spiro atoms. The fraction of sp³-hybridized carbons (Fsp3) is 0.857. The Morgan fingerprint density at radius 3 is 2.84 bits per heavy atom. The van der Waals surface area contributed by atoms with E-state index in [0.29, 0.717) is 6.54 Å². The number of aliphatic imine (C=N–C) groups is 1. The maximum Gasteiger partial charge on any atom is 0.404 e. The summed E-state index contributed by atoms with van der Waals surface area (Å²) in [7, 11) is 0. The van der Waals surface area contributed by atoms with Gasteiger partial charge in [-0.05, 0) is 25.7 Å². The van der Waals surface area contributed by atoms with Crippen molar-refractivity contribution in [2.24, 2.45) is 4.99 Å². The maximum absolute atomic E-state index is 9.76. The van der Waals surface area contributed by atoms with Crippen molar-refractivity contribution < 1.29 is 9.90 Å². The Bertz CT molecular complexity index is 292. The van der Waals surface area contributed by atoms with E-state index < -0.39 is 6.09 Å². The minimum absolute atomic E-state index is 0.575. The zero-order valence-corrected chi connectivity index (χ0v) is 12.0. The lowest BCUT2D eigenvalue weighted by Gasteiger charge is -2.27. The molecule has 19 heavy (non-hydrogen) atoms. The molecule has 2 aliphatic heterocycles. The van der Waals surface area contributed by atoms with Crippen LogP contribution in [0.5, 0.6) is 0 Å². The second-order valence-electron chi connectivity index (χ2n) is 5.03. The van der Waals surface area contributed by atoms with Crippen LogP contribution in [0, 0.1) is 0 Å². The summed E-state index contributed by atoms with van der Waals surface area (Å²) in [6.07, 6.45) is 7.65. The van der Waals surface area contributed by atoms with Crippen molar-refractivity contribution in [2.75, 3.05) is 26.2 Å². The molecule has 0 bridgehead atoms. The van der Waals surface area contributed by atoms with E-state index in [9.17, 15) is 4.79 Å².